The second-order valence-corrected chi connectivity index (χ2v) is 6.00. The smallest absolute Gasteiger partial charge is 0.260 e. The first-order chi connectivity index (χ1) is 10.6. The normalized spacial score (nSPS) is 10.8. The standard InChI is InChI=1S/C15H15N3O3S/c1-10-7-13(17-21-10)20-9-15(19)18(2)8-14-16-11-5-3-4-6-12(11)22-14/h3-7H,8-9H2,1-2H3. The summed E-state index contributed by atoms with van der Waals surface area (Å²) in [6.07, 6.45) is 0. The van der Waals surface area contributed by atoms with Gasteiger partial charge >= 0.3 is 0 Å². The van der Waals surface area contributed by atoms with Crippen molar-refractivity contribution in [1.29, 1.82) is 0 Å². The van der Waals surface area contributed by atoms with Gasteiger partial charge in [0, 0.05) is 13.1 Å². The molecule has 0 saturated heterocycles. The van der Waals surface area contributed by atoms with Gasteiger partial charge in [-0.1, -0.05) is 12.1 Å². The molecule has 0 saturated carbocycles. The Hall–Kier alpha value is -2.41. The minimum atomic E-state index is -0.139. The van der Waals surface area contributed by atoms with Crippen molar-refractivity contribution in [2.75, 3.05) is 13.7 Å². The summed E-state index contributed by atoms with van der Waals surface area (Å²) >= 11 is 1.59. The lowest BCUT2D eigenvalue weighted by molar-refractivity contribution is -0.132. The lowest BCUT2D eigenvalue weighted by Crippen LogP contribution is -2.30. The van der Waals surface area contributed by atoms with Gasteiger partial charge in [0.15, 0.2) is 6.61 Å². The van der Waals surface area contributed by atoms with Crippen LogP contribution in [0.15, 0.2) is 34.9 Å². The van der Waals surface area contributed by atoms with Crippen molar-refractivity contribution >= 4 is 27.5 Å². The Kier molecular flexibility index (Phi) is 4.06. The summed E-state index contributed by atoms with van der Waals surface area (Å²) in [5, 5.41) is 4.58. The minimum absolute atomic E-state index is 0.0760. The highest BCUT2D eigenvalue weighted by atomic mass is 32.1. The predicted molar refractivity (Wildman–Crippen MR) is 82.8 cm³/mol. The zero-order chi connectivity index (χ0) is 15.5. The molecular weight excluding hydrogens is 302 g/mol. The molecule has 7 heteroatoms. The van der Waals surface area contributed by atoms with Gasteiger partial charge in [-0.2, -0.15) is 0 Å². The number of thiazole rings is 1. The maximum Gasteiger partial charge on any atom is 0.260 e. The molecule has 0 bridgehead atoms. The van der Waals surface area contributed by atoms with E-state index in [0.717, 1.165) is 15.2 Å². The van der Waals surface area contributed by atoms with E-state index in [0.29, 0.717) is 18.2 Å². The number of carbonyl (C=O) groups is 1. The van der Waals surface area contributed by atoms with Gasteiger partial charge < -0.3 is 14.2 Å². The van der Waals surface area contributed by atoms with Crippen LogP contribution in [0.5, 0.6) is 5.88 Å². The number of fused-ring (bicyclic) bond motifs is 1. The van der Waals surface area contributed by atoms with Crippen LogP contribution in [0.3, 0.4) is 0 Å². The quantitative estimate of drug-likeness (QED) is 0.723. The monoisotopic (exact) mass is 317 g/mol. The Morgan fingerprint density at radius 3 is 2.95 bits per heavy atom. The van der Waals surface area contributed by atoms with E-state index in [1.165, 1.54) is 0 Å². The molecule has 0 spiro atoms. The molecule has 3 rings (SSSR count). The van der Waals surface area contributed by atoms with E-state index in [9.17, 15) is 4.79 Å². The molecule has 0 N–H and O–H groups in total. The fourth-order valence-corrected chi connectivity index (χ4v) is 2.96. The Bertz CT molecular complexity index is 763. The number of hydrogen-bond acceptors (Lipinski definition) is 6. The highest BCUT2D eigenvalue weighted by molar-refractivity contribution is 7.18. The average Bonchev–Trinajstić information content (AvgIpc) is 3.09. The van der Waals surface area contributed by atoms with Gasteiger partial charge in [-0.05, 0) is 24.2 Å². The number of ether oxygens (including phenoxy) is 1. The Morgan fingerprint density at radius 1 is 1.41 bits per heavy atom. The molecule has 0 aliphatic rings. The maximum absolute atomic E-state index is 12.1. The summed E-state index contributed by atoms with van der Waals surface area (Å²) in [5.41, 5.74) is 0.956. The Morgan fingerprint density at radius 2 is 2.23 bits per heavy atom. The van der Waals surface area contributed by atoms with Gasteiger partial charge in [0.1, 0.15) is 10.8 Å². The van der Waals surface area contributed by atoms with Crippen LogP contribution in [0.2, 0.25) is 0 Å². The minimum Gasteiger partial charge on any atom is -0.465 e. The molecule has 3 aromatic rings. The zero-order valence-corrected chi connectivity index (χ0v) is 13.1. The Balaban J connectivity index is 1.58. The molecule has 2 aromatic heterocycles. The number of benzene rings is 1. The molecule has 1 aromatic carbocycles. The molecule has 0 fully saturated rings. The van der Waals surface area contributed by atoms with E-state index in [2.05, 4.69) is 10.1 Å². The van der Waals surface area contributed by atoms with Crippen LogP contribution in [-0.2, 0) is 11.3 Å². The molecule has 0 unspecified atom stereocenters. The summed E-state index contributed by atoms with van der Waals surface area (Å²) in [7, 11) is 1.73. The second kappa shape index (κ2) is 6.15. The van der Waals surface area contributed by atoms with E-state index >= 15 is 0 Å². The van der Waals surface area contributed by atoms with Crippen molar-refractivity contribution in [3.63, 3.8) is 0 Å². The average molecular weight is 317 g/mol. The fraction of sp³-hybridized carbons (Fsp3) is 0.267. The first kappa shape index (κ1) is 14.5. The Labute approximate surface area is 131 Å². The van der Waals surface area contributed by atoms with E-state index in [-0.39, 0.29) is 12.5 Å². The topological polar surface area (TPSA) is 68.5 Å². The third kappa shape index (κ3) is 3.25. The number of rotatable bonds is 5. The summed E-state index contributed by atoms with van der Waals surface area (Å²) in [4.78, 5) is 18.2. The first-order valence-corrected chi connectivity index (χ1v) is 7.58. The van der Waals surface area contributed by atoms with Gasteiger partial charge in [0.2, 0.25) is 0 Å². The SMILES string of the molecule is Cc1cc(OCC(=O)N(C)Cc2nc3ccccc3s2)no1. The molecule has 114 valence electrons. The van der Waals surface area contributed by atoms with Crippen molar-refractivity contribution < 1.29 is 14.1 Å². The van der Waals surface area contributed by atoms with E-state index in [1.807, 2.05) is 24.3 Å². The van der Waals surface area contributed by atoms with E-state index in [4.69, 9.17) is 9.26 Å². The molecule has 0 radical (unpaired) electrons. The number of aryl methyl sites for hydroxylation is 1. The predicted octanol–water partition coefficient (Wildman–Crippen LogP) is 2.63. The van der Waals surface area contributed by atoms with Crippen LogP contribution in [0.1, 0.15) is 10.8 Å². The van der Waals surface area contributed by atoms with Gasteiger partial charge in [0.25, 0.3) is 11.8 Å². The highest BCUT2D eigenvalue weighted by Gasteiger charge is 2.13. The molecular formula is C15H15N3O3S. The summed E-state index contributed by atoms with van der Waals surface area (Å²) < 4.78 is 11.3. The summed E-state index contributed by atoms with van der Waals surface area (Å²) in [6.45, 7) is 2.15. The lowest BCUT2D eigenvalue weighted by Gasteiger charge is -2.15. The molecule has 6 nitrogen and oxygen atoms in total. The maximum atomic E-state index is 12.1. The van der Waals surface area contributed by atoms with Crippen molar-refractivity contribution in [3.05, 3.63) is 41.1 Å². The number of nitrogens with zero attached hydrogens (tertiary/aromatic N) is 3. The third-order valence-electron chi connectivity index (χ3n) is 3.09. The van der Waals surface area contributed by atoms with Crippen LogP contribution >= 0.6 is 11.3 Å². The van der Waals surface area contributed by atoms with Crippen molar-refractivity contribution in [2.45, 2.75) is 13.5 Å². The van der Waals surface area contributed by atoms with Crippen LogP contribution in [0.4, 0.5) is 0 Å². The highest BCUT2D eigenvalue weighted by Crippen LogP contribution is 2.22. The van der Waals surface area contributed by atoms with E-state index < -0.39 is 0 Å². The second-order valence-electron chi connectivity index (χ2n) is 4.89. The molecule has 2 heterocycles. The zero-order valence-electron chi connectivity index (χ0n) is 12.3. The molecule has 1 amide bonds. The number of carbonyl (C=O) groups excluding carboxylic acids is 1. The number of para-hydroxylation sites is 1. The fourth-order valence-electron chi connectivity index (χ4n) is 1.94. The largest absolute Gasteiger partial charge is 0.465 e. The number of aromatic nitrogens is 2. The molecule has 0 atom stereocenters. The third-order valence-corrected chi connectivity index (χ3v) is 4.11. The van der Waals surface area contributed by atoms with Crippen LogP contribution in [0.25, 0.3) is 10.2 Å². The molecule has 0 aliphatic heterocycles. The summed E-state index contributed by atoms with van der Waals surface area (Å²) in [5.74, 6) is 0.824. The lowest BCUT2D eigenvalue weighted by atomic mass is 10.3. The van der Waals surface area contributed by atoms with Gasteiger partial charge in [-0.3, -0.25) is 4.79 Å². The van der Waals surface area contributed by atoms with E-state index in [1.54, 1.807) is 36.3 Å². The van der Waals surface area contributed by atoms with Gasteiger partial charge in [0.05, 0.1) is 16.8 Å². The van der Waals surface area contributed by atoms with Crippen LogP contribution in [-0.4, -0.2) is 34.6 Å². The van der Waals surface area contributed by atoms with Gasteiger partial charge in [-0.15, -0.1) is 11.3 Å². The number of amides is 1. The number of hydrogen-bond donors (Lipinski definition) is 0. The molecule has 22 heavy (non-hydrogen) atoms. The van der Waals surface area contributed by atoms with Crippen molar-refractivity contribution in [3.8, 4) is 5.88 Å². The first-order valence-electron chi connectivity index (χ1n) is 6.76. The summed E-state index contributed by atoms with van der Waals surface area (Å²) in [6, 6.07) is 9.56. The van der Waals surface area contributed by atoms with Crippen molar-refractivity contribution in [1.82, 2.24) is 15.0 Å². The molecule has 0 aliphatic carbocycles. The van der Waals surface area contributed by atoms with Gasteiger partial charge in [-0.25, -0.2) is 4.98 Å². The van der Waals surface area contributed by atoms with Crippen LogP contribution < -0.4 is 4.74 Å². The number of likely N-dealkylation sites (N-methyl/N-ethyl adjacent to an activating group) is 1. The van der Waals surface area contributed by atoms with Crippen LogP contribution in [0, 0.1) is 6.92 Å². The van der Waals surface area contributed by atoms with Crippen molar-refractivity contribution in [2.24, 2.45) is 0 Å².